The summed E-state index contributed by atoms with van der Waals surface area (Å²) in [6.45, 7) is 6.43. The minimum Gasteiger partial charge on any atom is -0.478 e. The first kappa shape index (κ1) is 17.3. The number of carbonyl (C=O) groups is 2. The first-order valence-corrected chi connectivity index (χ1v) is 7.74. The fourth-order valence-electron chi connectivity index (χ4n) is 2.79. The number of amides is 1. The van der Waals surface area contributed by atoms with Crippen LogP contribution in [0.5, 0.6) is 0 Å². The van der Waals surface area contributed by atoms with Gasteiger partial charge in [-0.1, -0.05) is 12.1 Å². The van der Waals surface area contributed by atoms with Crippen LogP contribution in [0.2, 0.25) is 0 Å². The molecule has 0 aromatic heterocycles. The summed E-state index contributed by atoms with van der Waals surface area (Å²) in [6, 6.07) is 6.59. The van der Waals surface area contributed by atoms with Gasteiger partial charge in [0.15, 0.2) is 0 Å². The molecule has 2 atom stereocenters. The number of carbonyl (C=O) groups excluding carboxylic acids is 1. The van der Waals surface area contributed by atoms with E-state index in [2.05, 4.69) is 0 Å². The molecule has 126 valence electrons. The minimum absolute atomic E-state index is 0.0352. The van der Waals surface area contributed by atoms with Crippen molar-refractivity contribution < 1.29 is 19.4 Å². The molecule has 3 N–H and O–H groups in total. The fourth-order valence-corrected chi connectivity index (χ4v) is 2.79. The maximum absolute atomic E-state index is 12.1. The van der Waals surface area contributed by atoms with Crippen molar-refractivity contribution in [2.75, 3.05) is 13.1 Å². The maximum Gasteiger partial charge on any atom is 0.410 e. The molecule has 1 amide bonds. The van der Waals surface area contributed by atoms with Gasteiger partial charge in [0.2, 0.25) is 0 Å². The van der Waals surface area contributed by atoms with Crippen LogP contribution >= 0.6 is 0 Å². The predicted octanol–water partition coefficient (Wildman–Crippen LogP) is 2.44. The summed E-state index contributed by atoms with van der Waals surface area (Å²) in [5.41, 5.74) is 6.86. The normalized spacial score (nSPS) is 21.8. The average Bonchev–Trinajstić information content (AvgIpc) is 2.45. The van der Waals surface area contributed by atoms with Gasteiger partial charge in [0.1, 0.15) is 5.60 Å². The molecule has 0 radical (unpaired) electrons. The molecule has 1 saturated heterocycles. The Hall–Kier alpha value is -2.08. The number of piperidine rings is 1. The SMILES string of the molecule is CC(C)(C)OC(=O)N1CCC(c2cccc(C(=O)O)c2)C(N)C1. The molecule has 1 aromatic carbocycles. The lowest BCUT2D eigenvalue weighted by Crippen LogP contribution is -2.50. The number of rotatable bonds is 2. The minimum atomic E-state index is -0.952. The van der Waals surface area contributed by atoms with Crippen molar-refractivity contribution in [3.05, 3.63) is 35.4 Å². The van der Waals surface area contributed by atoms with Crippen molar-refractivity contribution in [3.8, 4) is 0 Å². The van der Waals surface area contributed by atoms with Crippen LogP contribution in [-0.4, -0.2) is 46.8 Å². The number of likely N-dealkylation sites (tertiary alicyclic amines) is 1. The van der Waals surface area contributed by atoms with Gasteiger partial charge in [-0.2, -0.15) is 0 Å². The molecule has 23 heavy (non-hydrogen) atoms. The zero-order valence-electron chi connectivity index (χ0n) is 13.8. The highest BCUT2D eigenvalue weighted by molar-refractivity contribution is 5.87. The van der Waals surface area contributed by atoms with Crippen LogP contribution in [0, 0.1) is 0 Å². The van der Waals surface area contributed by atoms with Crippen molar-refractivity contribution in [2.45, 2.75) is 44.8 Å². The molecule has 0 bridgehead atoms. The molecular weight excluding hydrogens is 296 g/mol. The zero-order chi connectivity index (χ0) is 17.2. The molecule has 6 nitrogen and oxygen atoms in total. The van der Waals surface area contributed by atoms with Gasteiger partial charge >= 0.3 is 12.1 Å². The van der Waals surface area contributed by atoms with Crippen molar-refractivity contribution in [1.82, 2.24) is 4.90 Å². The van der Waals surface area contributed by atoms with Gasteiger partial charge in [-0.05, 0) is 44.9 Å². The molecule has 2 rings (SSSR count). The number of hydrogen-bond donors (Lipinski definition) is 2. The lowest BCUT2D eigenvalue weighted by molar-refractivity contribution is 0.0186. The summed E-state index contributed by atoms with van der Waals surface area (Å²) in [5.74, 6) is -0.917. The van der Waals surface area contributed by atoms with E-state index in [0.717, 1.165) is 5.56 Å². The molecule has 6 heteroatoms. The van der Waals surface area contributed by atoms with E-state index in [-0.39, 0.29) is 23.6 Å². The Morgan fingerprint density at radius 3 is 2.61 bits per heavy atom. The van der Waals surface area contributed by atoms with E-state index in [0.29, 0.717) is 19.5 Å². The Morgan fingerprint density at radius 2 is 2.04 bits per heavy atom. The molecule has 1 fully saturated rings. The summed E-state index contributed by atoms with van der Waals surface area (Å²) in [6.07, 6.45) is 0.328. The molecule has 2 unspecified atom stereocenters. The highest BCUT2D eigenvalue weighted by Crippen LogP contribution is 2.28. The van der Waals surface area contributed by atoms with Crippen molar-refractivity contribution in [3.63, 3.8) is 0 Å². The molecule has 1 heterocycles. The second-order valence-electron chi connectivity index (χ2n) is 6.92. The highest BCUT2D eigenvalue weighted by Gasteiger charge is 2.32. The Morgan fingerprint density at radius 1 is 1.35 bits per heavy atom. The van der Waals surface area contributed by atoms with Crippen LogP contribution in [0.25, 0.3) is 0 Å². The number of nitrogens with two attached hydrogens (primary N) is 1. The standard InChI is InChI=1S/C17H24N2O4/c1-17(2,3)23-16(22)19-8-7-13(14(18)10-19)11-5-4-6-12(9-11)15(20)21/h4-6,9,13-14H,7-8,10,18H2,1-3H3,(H,20,21). The van der Waals surface area contributed by atoms with Crippen molar-refractivity contribution in [2.24, 2.45) is 5.73 Å². The Bertz CT molecular complexity index is 595. The Labute approximate surface area is 136 Å². The van der Waals surface area contributed by atoms with Gasteiger partial charge < -0.3 is 20.5 Å². The van der Waals surface area contributed by atoms with Crippen molar-refractivity contribution in [1.29, 1.82) is 0 Å². The lowest BCUT2D eigenvalue weighted by Gasteiger charge is -2.37. The van der Waals surface area contributed by atoms with Gasteiger partial charge in [-0.15, -0.1) is 0 Å². The largest absolute Gasteiger partial charge is 0.478 e. The number of carboxylic acids is 1. The first-order chi connectivity index (χ1) is 10.7. The van der Waals surface area contributed by atoms with Gasteiger partial charge in [0, 0.05) is 25.0 Å². The molecule has 1 aliphatic rings. The number of aromatic carboxylic acids is 1. The first-order valence-electron chi connectivity index (χ1n) is 7.74. The summed E-state index contributed by atoms with van der Waals surface area (Å²) >= 11 is 0. The van der Waals surface area contributed by atoms with Crippen LogP contribution < -0.4 is 5.73 Å². The molecule has 0 spiro atoms. The van der Waals surface area contributed by atoms with E-state index >= 15 is 0 Å². The number of hydrogen-bond acceptors (Lipinski definition) is 4. The number of carboxylic acid groups (broad SMARTS) is 1. The second kappa shape index (κ2) is 6.58. The fraction of sp³-hybridized carbons (Fsp3) is 0.529. The van der Waals surface area contributed by atoms with E-state index in [1.165, 1.54) is 0 Å². The molecule has 0 aliphatic carbocycles. The van der Waals surface area contributed by atoms with Crippen LogP contribution in [-0.2, 0) is 4.74 Å². The summed E-state index contributed by atoms with van der Waals surface area (Å²) < 4.78 is 5.37. The number of benzene rings is 1. The van der Waals surface area contributed by atoms with Crippen LogP contribution in [0.3, 0.4) is 0 Å². The van der Waals surface area contributed by atoms with Crippen LogP contribution in [0.1, 0.15) is 49.0 Å². The third-order valence-corrected chi connectivity index (χ3v) is 3.87. The highest BCUT2D eigenvalue weighted by atomic mass is 16.6. The summed E-state index contributed by atoms with van der Waals surface area (Å²) in [5, 5.41) is 9.10. The number of ether oxygens (including phenoxy) is 1. The zero-order valence-corrected chi connectivity index (χ0v) is 13.8. The summed E-state index contributed by atoms with van der Waals surface area (Å²) in [4.78, 5) is 24.8. The maximum atomic E-state index is 12.1. The van der Waals surface area contributed by atoms with E-state index in [1.54, 1.807) is 23.1 Å². The second-order valence-corrected chi connectivity index (χ2v) is 6.92. The third-order valence-electron chi connectivity index (χ3n) is 3.87. The number of nitrogens with zero attached hydrogens (tertiary/aromatic N) is 1. The molecule has 1 aliphatic heterocycles. The van der Waals surface area contributed by atoms with E-state index in [4.69, 9.17) is 15.6 Å². The molecule has 0 saturated carbocycles. The van der Waals surface area contributed by atoms with Crippen LogP contribution in [0.15, 0.2) is 24.3 Å². The molecule has 1 aromatic rings. The van der Waals surface area contributed by atoms with E-state index < -0.39 is 11.6 Å². The van der Waals surface area contributed by atoms with Gasteiger partial charge in [0.25, 0.3) is 0 Å². The predicted molar refractivity (Wildman–Crippen MR) is 86.5 cm³/mol. The van der Waals surface area contributed by atoms with Crippen molar-refractivity contribution >= 4 is 12.1 Å². The lowest BCUT2D eigenvalue weighted by atomic mass is 9.85. The van der Waals surface area contributed by atoms with Gasteiger partial charge in [0.05, 0.1) is 5.56 Å². The van der Waals surface area contributed by atoms with Crippen LogP contribution in [0.4, 0.5) is 4.79 Å². The Kier molecular flexibility index (Phi) is 4.94. The summed E-state index contributed by atoms with van der Waals surface area (Å²) in [7, 11) is 0. The van der Waals surface area contributed by atoms with E-state index in [1.807, 2.05) is 26.8 Å². The van der Waals surface area contributed by atoms with Gasteiger partial charge in [-0.3, -0.25) is 0 Å². The van der Waals surface area contributed by atoms with Gasteiger partial charge in [-0.25, -0.2) is 9.59 Å². The Balaban J connectivity index is 2.06. The quantitative estimate of drug-likeness (QED) is 0.873. The average molecular weight is 320 g/mol. The molecular formula is C17H24N2O4. The van der Waals surface area contributed by atoms with E-state index in [9.17, 15) is 9.59 Å². The smallest absolute Gasteiger partial charge is 0.410 e. The monoisotopic (exact) mass is 320 g/mol. The topological polar surface area (TPSA) is 92.9 Å². The third kappa shape index (κ3) is 4.45.